The fourth-order valence-electron chi connectivity index (χ4n) is 4.06. The molecule has 0 spiro atoms. The normalized spacial score (nSPS) is 20.6. The van der Waals surface area contributed by atoms with Crippen molar-refractivity contribution in [2.75, 3.05) is 0 Å². The minimum Gasteiger partial charge on any atom is -0.374 e. The molecule has 0 amide bonds. The summed E-state index contributed by atoms with van der Waals surface area (Å²) in [5.74, 6) is -0.0444. The van der Waals surface area contributed by atoms with Crippen molar-refractivity contribution >= 4 is 5.52 Å². The van der Waals surface area contributed by atoms with Gasteiger partial charge in [-0.2, -0.15) is 25.8 Å². The molecule has 0 aromatic carbocycles. The van der Waals surface area contributed by atoms with Crippen LogP contribution >= 0.6 is 0 Å². The van der Waals surface area contributed by atoms with E-state index in [4.69, 9.17) is 10.2 Å². The molecule has 1 fully saturated rings. The third-order valence-corrected chi connectivity index (χ3v) is 5.65. The van der Waals surface area contributed by atoms with Crippen molar-refractivity contribution < 1.29 is 5.11 Å². The molecule has 5 rings (SSSR count). The van der Waals surface area contributed by atoms with Crippen LogP contribution in [-0.4, -0.2) is 39.3 Å². The summed E-state index contributed by atoms with van der Waals surface area (Å²) in [7, 11) is 0. The van der Waals surface area contributed by atoms with Gasteiger partial charge in [-0.3, -0.25) is 4.68 Å². The van der Waals surface area contributed by atoms with Gasteiger partial charge >= 0.3 is 0 Å². The first-order chi connectivity index (χ1) is 14.7. The Kier molecular flexibility index (Phi) is 4.09. The van der Waals surface area contributed by atoms with Crippen molar-refractivity contribution in [1.29, 1.82) is 10.5 Å². The molecule has 0 bridgehead atoms. The number of aliphatic hydroxyl groups excluding tert-OH is 1. The Labute approximate surface area is 171 Å². The van der Waals surface area contributed by atoms with Crippen molar-refractivity contribution in [3.05, 3.63) is 43.2 Å². The van der Waals surface area contributed by atoms with Crippen molar-refractivity contribution in [3.63, 3.8) is 0 Å². The minimum atomic E-state index is -0.441. The van der Waals surface area contributed by atoms with E-state index in [-0.39, 0.29) is 12.6 Å². The zero-order chi connectivity index (χ0) is 20.7. The van der Waals surface area contributed by atoms with E-state index in [0.29, 0.717) is 30.7 Å². The Bertz CT molecular complexity index is 1310. The van der Waals surface area contributed by atoms with E-state index in [1.54, 1.807) is 29.3 Å². The van der Waals surface area contributed by atoms with E-state index in [1.807, 2.05) is 23.1 Å². The molecule has 0 atom stereocenters. The summed E-state index contributed by atoms with van der Waals surface area (Å²) in [6, 6.07) is 6.39. The molecule has 4 heterocycles. The molecular formula is C20H17N9O. The monoisotopic (exact) mass is 399 g/mol. The van der Waals surface area contributed by atoms with Gasteiger partial charge in [0.25, 0.3) is 0 Å². The van der Waals surface area contributed by atoms with Crippen LogP contribution in [0.1, 0.15) is 19.3 Å². The van der Waals surface area contributed by atoms with Crippen LogP contribution < -0.4 is 0 Å². The number of aliphatic hydroxyl groups is 1. The lowest BCUT2D eigenvalue weighted by atomic mass is 9.67. The van der Waals surface area contributed by atoms with Crippen LogP contribution in [0.15, 0.2) is 43.2 Å². The predicted molar refractivity (Wildman–Crippen MR) is 104 cm³/mol. The summed E-state index contributed by atoms with van der Waals surface area (Å²) in [6.45, 7) is -0.214. The topological polar surface area (TPSA) is 134 Å². The largest absolute Gasteiger partial charge is 0.374 e. The standard InChI is InChI=1S/C20H17N9O/c21-3-2-20(5-14(6-20)7-22)29-11-16(9-25-29)19-18-1-4-23-28(18)12-17(26-19)15-8-24-27(10-15)13-30/h1,4,8-12,14,30H,2,5-6,13H2. The Morgan fingerprint density at radius 1 is 1.10 bits per heavy atom. The quantitative estimate of drug-likeness (QED) is 0.542. The first-order valence-electron chi connectivity index (χ1n) is 9.46. The first-order valence-corrected chi connectivity index (χ1v) is 9.46. The SMILES string of the molecule is N#CCC1(n2cc(-c3nc(-c4cnn(CO)c4)cn4nccc34)cn2)CC(C#N)C1. The maximum absolute atomic E-state index is 9.29. The van der Waals surface area contributed by atoms with Crippen LogP contribution in [0.3, 0.4) is 0 Å². The zero-order valence-electron chi connectivity index (χ0n) is 15.9. The van der Waals surface area contributed by atoms with Gasteiger partial charge in [-0.1, -0.05) is 0 Å². The second kappa shape index (κ2) is 6.79. The van der Waals surface area contributed by atoms with Gasteiger partial charge in [0.15, 0.2) is 0 Å². The second-order valence-electron chi connectivity index (χ2n) is 7.51. The third-order valence-electron chi connectivity index (χ3n) is 5.65. The van der Waals surface area contributed by atoms with Crippen LogP contribution in [-0.2, 0) is 12.3 Å². The van der Waals surface area contributed by atoms with Crippen LogP contribution in [0.25, 0.3) is 28.0 Å². The number of rotatable bonds is 5. The predicted octanol–water partition coefficient (Wildman–Crippen LogP) is 1.95. The number of nitriles is 2. The van der Waals surface area contributed by atoms with E-state index >= 15 is 0 Å². The highest BCUT2D eigenvalue weighted by molar-refractivity contribution is 5.78. The molecular weight excluding hydrogens is 382 g/mol. The first kappa shape index (κ1) is 18.0. The maximum atomic E-state index is 9.29. The summed E-state index contributed by atoms with van der Waals surface area (Å²) in [5.41, 5.74) is 3.31. The van der Waals surface area contributed by atoms with Gasteiger partial charge in [0.05, 0.1) is 71.7 Å². The van der Waals surface area contributed by atoms with Gasteiger partial charge in [0.1, 0.15) is 6.73 Å². The van der Waals surface area contributed by atoms with Crippen LogP contribution in [0.4, 0.5) is 0 Å². The highest BCUT2D eigenvalue weighted by Crippen LogP contribution is 2.46. The Morgan fingerprint density at radius 2 is 1.93 bits per heavy atom. The molecule has 0 saturated heterocycles. The highest BCUT2D eigenvalue weighted by Gasteiger charge is 2.46. The summed E-state index contributed by atoms with van der Waals surface area (Å²) in [5, 5.41) is 40.7. The molecule has 0 unspecified atom stereocenters. The average Bonchev–Trinajstić information content (AvgIpc) is 3.49. The summed E-state index contributed by atoms with van der Waals surface area (Å²) in [6.07, 6.45) is 12.0. The van der Waals surface area contributed by atoms with Crippen LogP contribution in [0.5, 0.6) is 0 Å². The Morgan fingerprint density at radius 3 is 2.67 bits per heavy atom. The van der Waals surface area contributed by atoms with E-state index in [9.17, 15) is 10.4 Å². The Hall–Kier alpha value is -4.02. The van der Waals surface area contributed by atoms with Crippen molar-refractivity contribution in [2.24, 2.45) is 5.92 Å². The Balaban J connectivity index is 1.58. The lowest BCUT2D eigenvalue weighted by Crippen LogP contribution is -2.46. The third kappa shape index (κ3) is 2.74. The van der Waals surface area contributed by atoms with Crippen molar-refractivity contribution in [1.82, 2.24) is 34.2 Å². The van der Waals surface area contributed by atoms with E-state index in [0.717, 1.165) is 16.6 Å². The van der Waals surface area contributed by atoms with Gasteiger partial charge in [-0.25, -0.2) is 14.2 Å². The van der Waals surface area contributed by atoms with Gasteiger partial charge in [-0.15, -0.1) is 0 Å². The molecule has 1 saturated carbocycles. The molecule has 4 aromatic rings. The fraction of sp³-hybridized carbons (Fsp3) is 0.300. The van der Waals surface area contributed by atoms with Crippen molar-refractivity contribution in [3.8, 4) is 34.7 Å². The number of hydrogen-bond donors (Lipinski definition) is 1. The number of fused-ring (bicyclic) bond motifs is 1. The number of nitrogens with zero attached hydrogens (tertiary/aromatic N) is 9. The van der Waals surface area contributed by atoms with Gasteiger partial charge in [-0.05, 0) is 18.9 Å². The van der Waals surface area contributed by atoms with Gasteiger partial charge in [0, 0.05) is 23.5 Å². The van der Waals surface area contributed by atoms with Crippen LogP contribution in [0.2, 0.25) is 0 Å². The highest BCUT2D eigenvalue weighted by atomic mass is 16.3. The lowest BCUT2D eigenvalue weighted by molar-refractivity contribution is 0.0882. The molecule has 0 aliphatic heterocycles. The fourth-order valence-corrected chi connectivity index (χ4v) is 4.06. The average molecular weight is 399 g/mol. The van der Waals surface area contributed by atoms with Gasteiger partial charge < -0.3 is 5.11 Å². The zero-order valence-corrected chi connectivity index (χ0v) is 15.9. The lowest BCUT2D eigenvalue weighted by Gasteiger charge is -2.43. The summed E-state index contributed by atoms with van der Waals surface area (Å²) in [4.78, 5) is 4.81. The molecule has 10 heteroatoms. The summed E-state index contributed by atoms with van der Waals surface area (Å²) >= 11 is 0. The number of aromatic nitrogens is 7. The molecule has 10 nitrogen and oxygen atoms in total. The number of hydrogen-bond acceptors (Lipinski definition) is 7. The summed E-state index contributed by atoms with van der Waals surface area (Å²) < 4.78 is 4.96. The molecule has 1 aliphatic rings. The molecule has 1 aliphatic carbocycles. The maximum Gasteiger partial charge on any atom is 0.136 e. The molecule has 0 radical (unpaired) electrons. The molecule has 30 heavy (non-hydrogen) atoms. The second-order valence-corrected chi connectivity index (χ2v) is 7.51. The van der Waals surface area contributed by atoms with E-state index < -0.39 is 5.54 Å². The molecule has 4 aromatic heterocycles. The van der Waals surface area contributed by atoms with E-state index in [2.05, 4.69) is 27.4 Å². The van der Waals surface area contributed by atoms with Crippen LogP contribution in [0, 0.1) is 28.6 Å². The smallest absolute Gasteiger partial charge is 0.136 e. The van der Waals surface area contributed by atoms with E-state index in [1.165, 1.54) is 4.68 Å². The molecule has 148 valence electrons. The van der Waals surface area contributed by atoms with Crippen molar-refractivity contribution in [2.45, 2.75) is 31.5 Å². The minimum absolute atomic E-state index is 0.0444. The van der Waals surface area contributed by atoms with Gasteiger partial charge in [0.2, 0.25) is 0 Å². The molecule has 1 N–H and O–H groups in total.